The van der Waals surface area contributed by atoms with E-state index in [9.17, 15) is 9.59 Å². The van der Waals surface area contributed by atoms with Crippen molar-refractivity contribution < 1.29 is 14.7 Å². The number of aryl methyl sites for hydroxylation is 1. The van der Waals surface area contributed by atoms with Crippen LogP contribution in [0.5, 0.6) is 0 Å². The molecule has 1 aliphatic rings. The third-order valence-corrected chi connectivity index (χ3v) is 5.25. The molecule has 1 saturated carbocycles. The Morgan fingerprint density at radius 3 is 2.58 bits per heavy atom. The van der Waals surface area contributed by atoms with E-state index in [0.29, 0.717) is 24.3 Å². The summed E-state index contributed by atoms with van der Waals surface area (Å²) in [6, 6.07) is 7.32. The normalized spacial score (nSPS) is 19.5. The maximum atomic E-state index is 12.4. The Morgan fingerprint density at radius 2 is 1.96 bits per heavy atom. The standard InChI is InChI=1S/C19H22ClN3O3/c1-11-17(10-18(24)21-15-6-3-13(9-15)19(25)26)12(2)23(22-11)16-7-4-14(20)5-8-16/h4-5,7-8,13,15H,3,6,9-10H2,1-2H3,(H,21,24)(H,25,26)/t13-,15+/m0/s1. The summed E-state index contributed by atoms with van der Waals surface area (Å²) >= 11 is 5.94. The number of hydrogen-bond donors (Lipinski definition) is 2. The largest absolute Gasteiger partial charge is 0.481 e. The second kappa shape index (κ2) is 7.50. The van der Waals surface area contributed by atoms with Crippen LogP contribution in [0.15, 0.2) is 24.3 Å². The van der Waals surface area contributed by atoms with Crippen molar-refractivity contribution in [1.82, 2.24) is 15.1 Å². The smallest absolute Gasteiger partial charge is 0.306 e. The summed E-state index contributed by atoms with van der Waals surface area (Å²) in [5.41, 5.74) is 3.50. The van der Waals surface area contributed by atoms with E-state index in [-0.39, 0.29) is 24.3 Å². The predicted molar refractivity (Wildman–Crippen MR) is 98.7 cm³/mol. The topological polar surface area (TPSA) is 84.2 Å². The second-order valence-corrected chi connectivity index (χ2v) is 7.26. The Labute approximate surface area is 157 Å². The van der Waals surface area contributed by atoms with Crippen molar-refractivity contribution >= 4 is 23.5 Å². The molecule has 7 heteroatoms. The molecule has 0 saturated heterocycles. The number of carboxylic acid groups (broad SMARTS) is 1. The van der Waals surface area contributed by atoms with E-state index in [0.717, 1.165) is 22.6 Å². The van der Waals surface area contributed by atoms with Gasteiger partial charge in [-0.2, -0.15) is 5.10 Å². The van der Waals surface area contributed by atoms with Gasteiger partial charge in [0.1, 0.15) is 0 Å². The Morgan fingerprint density at radius 1 is 1.27 bits per heavy atom. The van der Waals surface area contributed by atoms with Crippen molar-refractivity contribution in [3.63, 3.8) is 0 Å². The van der Waals surface area contributed by atoms with E-state index in [4.69, 9.17) is 16.7 Å². The van der Waals surface area contributed by atoms with Gasteiger partial charge in [0, 0.05) is 22.3 Å². The number of aliphatic carboxylic acids is 1. The molecule has 6 nitrogen and oxygen atoms in total. The molecule has 0 unspecified atom stereocenters. The first-order chi connectivity index (χ1) is 12.3. The van der Waals surface area contributed by atoms with Gasteiger partial charge in [-0.1, -0.05) is 11.6 Å². The van der Waals surface area contributed by atoms with Crippen LogP contribution < -0.4 is 5.32 Å². The highest BCUT2D eigenvalue weighted by atomic mass is 35.5. The number of rotatable bonds is 5. The lowest BCUT2D eigenvalue weighted by Gasteiger charge is -2.12. The third kappa shape index (κ3) is 3.90. The Hall–Kier alpha value is -2.34. The lowest BCUT2D eigenvalue weighted by molar-refractivity contribution is -0.141. The summed E-state index contributed by atoms with van der Waals surface area (Å²) in [4.78, 5) is 23.5. The molecule has 0 spiro atoms. The highest BCUT2D eigenvalue weighted by Crippen LogP contribution is 2.26. The predicted octanol–water partition coefficient (Wildman–Crippen LogP) is 3.05. The summed E-state index contributed by atoms with van der Waals surface area (Å²) in [7, 11) is 0. The van der Waals surface area contributed by atoms with Gasteiger partial charge >= 0.3 is 5.97 Å². The minimum absolute atomic E-state index is 0.0597. The van der Waals surface area contributed by atoms with Gasteiger partial charge in [-0.05, 0) is 57.4 Å². The molecule has 2 aromatic rings. The summed E-state index contributed by atoms with van der Waals surface area (Å²) < 4.78 is 1.81. The number of nitrogens with one attached hydrogen (secondary N) is 1. The van der Waals surface area contributed by atoms with Crippen LogP contribution in [0.4, 0.5) is 0 Å². The molecule has 138 valence electrons. The van der Waals surface area contributed by atoms with Crippen LogP contribution in [0.25, 0.3) is 5.69 Å². The Kier molecular flexibility index (Phi) is 5.32. The van der Waals surface area contributed by atoms with Crippen LogP contribution >= 0.6 is 11.6 Å². The molecule has 1 aromatic heterocycles. The zero-order valence-corrected chi connectivity index (χ0v) is 15.6. The first-order valence-electron chi connectivity index (χ1n) is 8.68. The number of carbonyl (C=O) groups excluding carboxylic acids is 1. The zero-order valence-electron chi connectivity index (χ0n) is 14.8. The average Bonchev–Trinajstić information content (AvgIpc) is 3.16. The van der Waals surface area contributed by atoms with E-state index >= 15 is 0 Å². The lowest BCUT2D eigenvalue weighted by atomic mass is 10.1. The molecular formula is C19H22ClN3O3. The van der Waals surface area contributed by atoms with Gasteiger partial charge < -0.3 is 10.4 Å². The zero-order chi connectivity index (χ0) is 18.8. The monoisotopic (exact) mass is 375 g/mol. The highest BCUT2D eigenvalue weighted by molar-refractivity contribution is 6.30. The molecule has 2 atom stereocenters. The summed E-state index contributed by atoms with van der Waals surface area (Å²) in [5, 5.41) is 17.2. The van der Waals surface area contributed by atoms with Gasteiger partial charge in [-0.3, -0.25) is 9.59 Å². The van der Waals surface area contributed by atoms with E-state index < -0.39 is 5.97 Å². The van der Waals surface area contributed by atoms with Crippen molar-refractivity contribution in [2.75, 3.05) is 0 Å². The summed E-state index contributed by atoms with van der Waals surface area (Å²) in [6.45, 7) is 3.82. The fraction of sp³-hybridized carbons (Fsp3) is 0.421. The van der Waals surface area contributed by atoms with Crippen LogP contribution in [-0.2, 0) is 16.0 Å². The quantitative estimate of drug-likeness (QED) is 0.841. The first kappa shape index (κ1) is 18.5. The number of halogens is 1. The molecular weight excluding hydrogens is 354 g/mol. The molecule has 1 heterocycles. The fourth-order valence-corrected chi connectivity index (χ4v) is 3.67. The molecule has 1 aliphatic carbocycles. The lowest BCUT2D eigenvalue weighted by Crippen LogP contribution is -2.34. The van der Waals surface area contributed by atoms with Gasteiger partial charge in [0.05, 0.1) is 23.7 Å². The molecule has 2 N–H and O–H groups in total. The van der Waals surface area contributed by atoms with Gasteiger partial charge in [0.25, 0.3) is 0 Å². The minimum atomic E-state index is -0.780. The van der Waals surface area contributed by atoms with Crippen molar-refractivity contribution in [3.05, 3.63) is 46.2 Å². The van der Waals surface area contributed by atoms with Crippen LogP contribution in [0, 0.1) is 19.8 Å². The van der Waals surface area contributed by atoms with Crippen molar-refractivity contribution in [3.8, 4) is 5.69 Å². The third-order valence-electron chi connectivity index (χ3n) is 5.00. The molecule has 0 bridgehead atoms. The number of carbonyl (C=O) groups is 2. The Balaban J connectivity index is 1.69. The van der Waals surface area contributed by atoms with Crippen LogP contribution in [0.3, 0.4) is 0 Å². The number of aromatic nitrogens is 2. The van der Waals surface area contributed by atoms with Gasteiger partial charge in [-0.25, -0.2) is 4.68 Å². The maximum absolute atomic E-state index is 12.4. The minimum Gasteiger partial charge on any atom is -0.481 e. The van der Waals surface area contributed by atoms with Crippen molar-refractivity contribution in [1.29, 1.82) is 0 Å². The van der Waals surface area contributed by atoms with E-state index in [1.54, 1.807) is 12.1 Å². The number of benzene rings is 1. The van der Waals surface area contributed by atoms with Gasteiger partial charge in [0.2, 0.25) is 5.91 Å². The fourth-order valence-electron chi connectivity index (χ4n) is 3.54. The summed E-state index contributed by atoms with van der Waals surface area (Å²) in [5.74, 6) is -1.22. The number of nitrogens with zero attached hydrogens (tertiary/aromatic N) is 2. The highest BCUT2D eigenvalue weighted by Gasteiger charge is 2.30. The van der Waals surface area contributed by atoms with Gasteiger partial charge in [-0.15, -0.1) is 0 Å². The average molecular weight is 376 g/mol. The molecule has 1 fully saturated rings. The SMILES string of the molecule is Cc1nn(-c2ccc(Cl)cc2)c(C)c1CC(=O)N[C@@H]1CC[C@H](C(=O)O)C1. The second-order valence-electron chi connectivity index (χ2n) is 6.83. The summed E-state index contributed by atoms with van der Waals surface area (Å²) in [6.07, 6.45) is 2.07. The van der Waals surface area contributed by atoms with Crippen LogP contribution in [-0.4, -0.2) is 32.8 Å². The molecule has 1 aromatic carbocycles. The number of hydrogen-bond acceptors (Lipinski definition) is 3. The Bertz CT molecular complexity index is 829. The molecule has 1 amide bonds. The molecule has 0 aliphatic heterocycles. The van der Waals surface area contributed by atoms with E-state index in [1.165, 1.54) is 0 Å². The van der Waals surface area contributed by atoms with Crippen LogP contribution in [0.2, 0.25) is 5.02 Å². The molecule has 3 rings (SSSR count). The maximum Gasteiger partial charge on any atom is 0.306 e. The van der Waals surface area contributed by atoms with E-state index in [2.05, 4.69) is 10.4 Å². The molecule has 26 heavy (non-hydrogen) atoms. The first-order valence-corrected chi connectivity index (χ1v) is 9.06. The van der Waals surface area contributed by atoms with Crippen molar-refractivity contribution in [2.45, 2.75) is 45.6 Å². The molecule has 0 radical (unpaired) electrons. The van der Waals surface area contributed by atoms with Crippen molar-refractivity contribution in [2.24, 2.45) is 5.92 Å². The van der Waals surface area contributed by atoms with Gasteiger partial charge in [0.15, 0.2) is 0 Å². The number of amides is 1. The number of carboxylic acids is 1. The van der Waals surface area contributed by atoms with Crippen LogP contribution in [0.1, 0.15) is 36.2 Å². The van der Waals surface area contributed by atoms with E-state index in [1.807, 2.05) is 30.7 Å².